The van der Waals surface area contributed by atoms with Crippen molar-refractivity contribution >= 4 is 32.4 Å². The molecule has 0 aliphatic carbocycles. The van der Waals surface area contributed by atoms with Gasteiger partial charge in [-0.1, -0.05) is 17.4 Å². The van der Waals surface area contributed by atoms with E-state index in [4.69, 9.17) is 4.74 Å². The number of nitro benzene ring substituents is 1. The van der Waals surface area contributed by atoms with Crippen molar-refractivity contribution in [3.63, 3.8) is 0 Å². The number of hydrogen-bond acceptors (Lipinski definition) is 7. The van der Waals surface area contributed by atoms with Gasteiger partial charge in [0, 0.05) is 24.9 Å². The van der Waals surface area contributed by atoms with E-state index in [1.165, 1.54) is 35.7 Å². The van der Waals surface area contributed by atoms with Crippen LogP contribution < -0.4 is 10.1 Å². The van der Waals surface area contributed by atoms with Gasteiger partial charge >= 0.3 is 0 Å². The maximum atomic E-state index is 14.3. The van der Waals surface area contributed by atoms with Crippen molar-refractivity contribution in [3.05, 3.63) is 82.4 Å². The van der Waals surface area contributed by atoms with Crippen LogP contribution in [0, 0.1) is 15.9 Å². The summed E-state index contributed by atoms with van der Waals surface area (Å²) in [5.41, 5.74) is 1.40. The average molecular weight is 396 g/mol. The molecule has 2 aromatic carbocycles. The monoisotopic (exact) mass is 396 g/mol. The van der Waals surface area contributed by atoms with E-state index in [-0.39, 0.29) is 11.4 Å². The first-order valence-corrected chi connectivity index (χ1v) is 9.05. The third kappa shape index (κ3) is 3.89. The number of fused-ring (bicyclic) bond motifs is 1. The maximum Gasteiger partial charge on any atom is 0.270 e. The van der Waals surface area contributed by atoms with Gasteiger partial charge in [0.15, 0.2) is 16.7 Å². The zero-order chi connectivity index (χ0) is 19.5. The van der Waals surface area contributed by atoms with Crippen LogP contribution in [0.3, 0.4) is 0 Å². The molecule has 7 nitrogen and oxygen atoms in total. The number of nitrogens with one attached hydrogen (secondary N) is 1. The normalized spacial score (nSPS) is 10.8. The second-order valence-corrected chi connectivity index (χ2v) is 6.87. The van der Waals surface area contributed by atoms with E-state index >= 15 is 0 Å². The highest BCUT2D eigenvalue weighted by atomic mass is 32.1. The summed E-state index contributed by atoms with van der Waals surface area (Å²) >= 11 is 1.31. The van der Waals surface area contributed by atoms with E-state index in [9.17, 15) is 14.5 Å². The molecule has 0 spiro atoms. The summed E-state index contributed by atoms with van der Waals surface area (Å²) in [7, 11) is 0. The first-order chi connectivity index (χ1) is 13.6. The highest BCUT2D eigenvalue weighted by Gasteiger charge is 2.11. The third-order valence-electron chi connectivity index (χ3n) is 3.89. The van der Waals surface area contributed by atoms with Crippen molar-refractivity contribution in [3.8, 4) is 11.5 Å². The van der Waals surface area contributed by atoms with Gasteiger partial charge in [-0.05, 0) is 35.9 Å². The molecule has 0 aliphatic heterocycles. The van der Waals surface area contributed by atoms with Crippen LogP contribution in [0.2, 0.25) is 0 Å². The van der Waals surface area contributed by atoms with Crippen molar-refractivity contribution in [2.75, 3.05) is 5.32 Å². The molecule has 0 atom stereocenters. The van der Waals surface area contributed by atoms with Crippen molar-refractivity contribution in [1.82, 2.24) is 9.97 Å². The van der Waals surface area contributed by atoms with E-state index in [1.54, 1.807) is 36.5 Å². The fourth-order valence-electron chi connectivity index (χ4n) is 2.55. The van der Waals surface area contributed by atoms with Crippen LogP contribution in [0.4, 0.5) is 15.2 Å². The van der Waals surface area contributed by atoms with Gasteiger partial charge in [0.05, 0.1) is 21.3 Å². The van der Waals surface area contributed by atoms with Crippen molar-refractivity contribution < 1.29 is 14.1 Å². The molecule has 0 bridgehead atoms. The summed E-state index contributed by atoms with van der Waals surface area (Å²) in [5, 5.41) is 14.6. The van der Waals surface area contributed by atoms with Gasteiger partial charge in [0.25, 0.3) is 5.69 Å². The van der Waals surface area contributed by atoms with Crippen LogP contribution in [-0.4, -0.2) is 14.9 Å². The molecule has 2 aromatic heterocycles. The van der Waals surface area contributed by atoms with Crippen LogP contribution >= 0.6 is 11.3 Å². The fraction of sp³-hybridized carbons (Fsp3) is 0.0526. The lowest BCUT2D eigenvalue weighted by atomic mass is 10.2. The number of nitro groups is 1. The number of hydrogen-bond donors (Lipinski definition) is 1. The smallest absolute Gasteiger partial charge is 0.270 e. The Kier molecular flexibility index (Phi) is 4.81. The Morgan fingerprint density at radius 3 is 2.86 bits per heavy atom. The molecule has 0 aliphatic rings. The molecule has 9 heteroatoms. The summed E-state index contributed by atoms with van der Waals surface area (Å²) < 4.78 is 20.5. The maximum absolute atomic E-state index is 14.3. The third-order valence-corrected chi connectivity index (χ3v) is 4.86. The Hall–Kier alpha value is -3.59. The summed E-state index contributed by atoms with van der Waals surface area (Å²) in [4.78, 5) is 18.7. The summed E-state index contributed by atoms with van der Waals surface area (Å²) in [6.07, 6.45) is 3.12. The lowest BCUT2D eigenvalue weighted by Crippen LogP contribution is -2.00. The number of halogens is 1. The first kappa shape index (κ1) is 17.8. The van der Waals surface area contributed by atoms with Crippen LogP contribution in [0.5, 0.6) is 11.5 Å². The highest BCUT2D eigenvalue weighted by molar-refractivity contribution is 7.22. The number of rotatable bonds is 6. The number of pyridine rings is 1. The van der Waals surface area contributed by atoms with Gasteiger partial charge in [0.1, 0.15) is 5.75 Å². The van der Waals surface area contributed by atoms with Gasteiger partial charge in [0.2, 0.25) is 0 Å². The second kappa shape index (κ2) is 7.57. The minimum absolute atomic E-state index is 0.0222. The molecule has 0 saturated carbocycles. The predicted molar refractivity (Wildman–Crippen MR) is 104 cm³/mol. The summed E-state index contributed by atoms with van der Waals surface area (Å²) in [5.74, 6) is 0.0861. The molecule has 0 fully saturated rings. The van der Waals surface area contributed by atoms with E-state index < -0.39 is 10.7 Å². The molecule has 28 heavy (non-hydrogen) atoms. The van der Waals surface area contributed by atoms with Gasteiger partial charge in [-0.3, -0.25) is 15.1 Å². The number of benzene rings is 2. The Bertz CT molecular complexity index is 1150. The molecule has 0 amide bonds. The largest absolute Gasteiger partial charge is 0.453 e. The molecule has 0 unspecified atom stereocenters. The minimum Gasteiger partial charge on any atom is -0.453 e. The topological polar surface area (TPSA) is 90.2 Å². The Balaban J connectivity index is 1.45. The van der Waals surface area contributed by atoms with Crippen molar-refractivity contribution in [2.24, 2.45) is 0 Å². The van der Waals surface area contributed by atoms with Crippen molar-refractivity contribution in [2.45, 2.75) is 6.54 Å². The molecule has 4 rings (SSSR count). The summed E-state index contributed by atoms with van der Waals surface area (Å²) in [6, 6.07) is 12.6. The highest BCUT2D eigenvalue weighted by Crippen LogP contribution is 2.30. The van der Waals surface area contributed by atoms with Crippen LogP contribution in [0.25, 0.3) is 10.2 Å². The number of non-ortho nitro benzene ring substituents is 1. The molecule has 140 valence electrons. The van der Waals surface area contributed by atoms with E-state index in [2.05, 4.69) is 15.3 Å². The molecule has 4 aromatic rings. The van der Waals surface area contributed by atoms with Crippen LogP contribution in [-0.2, 0) is 6.54 Å². The fourth-order valence-corrected chi connectivity index (χ4v) is 3.45. The predicted octanol–water partition coefficient (Wildman–Crippen LogP) is 5.14. The minimum atomic E-state index is -0.483. The van der Waals surface area contributed by atoms with Gasteiger partial charge in [-0.25, -0.2) is 9.37 Å². The molecule has 1 N–H and O–H groups in total. The molecular formula is C19H13FN4O3S. The van der Waals surface area contributed by atoms with Crippen LogP contribution in [0.1, 0.15) is 5.56 Å². The van der Waals surface area contributed by atoms with Crippen LogP contribution in [0.15, 0.2) is 60.9 Å². The Morgan fingerprint density at radius 2 is 2.11 bits per heavy atom. The standard InChI is InChI=1S/C19H13FN4O3S/c20-15-8-12(3-6-17(15)27-14-2-1-7-21-11-14)10-22-19-23-16-5-4-13(24(25)26)9-18(16)28-19/h1-9,11H,10H2,(H,22,23). The number of ether oxygens (including phenoxy) is 1. The quantitative estimate of drug-likeness (QED) is 0.358. The van der Waals surface area contributed by atoms with E-state index in [0.717, 1.165) is 0 Å². The van der Waals surface area contributed by atoms with Gasteiger partial charge < -0.3 is 10.1 Å². The zero-order valence-corrected chi connectivity index (χ0v) is 15.1. The SMILES string of the molecule is O=[N+]([O-])c1ccc2nc(NCc3ccc(Oc4cccnc4)c(F)c3)sc2c1. The molecule has 0 saturated heterocycles. The number of anilines is 1. The summed E-state index contributed by atoms with van der Waals surface area (Å²) in [6.45, 7) is 0.353. The second-order valence-electron chi connectivity index (χ2n) is 5.84. The average Bonchev–Trinajstić information content (AvgIpc) is 3.11. The number of nitrogens with zero attached hydrogens (tertiary/aromatic N) is 3. The van der Waals surface area contributed by atoms with E-state index in [0.29, 0.717) is 33.2 Å². The molecule has 2 heterocycles. The Labute approximate surface area is 162 Å². The number of aromatic nitrogens is 2. The van der Waals surface area contributed by atoms with Crippen molar-refractivity contribution in [1.29, 1.82) is 0 Å². The molecule has 0 radical (unpaired) electrons. The Morgan fingerprint density at radius 1 is 1.21 bits per heavy atom. The lowest BCUT2D eigenvalue weighted by molar-refractivity contribution is -0.384. The van der Waals surface area contributed by atoms with Gasteiger partial charge in [-0.15, -0.1) is 0 Å². The first-order valence-electron chi connectivity index (χ1n) is 8.24. The van der Waals surface area contributed by atoms with Gasteiger partial charge in [-0.2, -0.15) is 0 Å². The van der Waals surface area contributed by atoms with E-state index in [1.807, 2.05) is 0 Å². The molecular weight excluding hydrogens is 383 g/mol. The lowest BCUT2D eigenvalue weighted by Gasteiger charge is -2.08. The number of thiazole rings is 1. The zero-order valence-electron chi connectivity index (χ0n) is 14.3.